The molecule has 1 aromatic carbocycles. The van der Waals surface area contributed by atoms with Crippen molar-refractivity contribution in [1.29, 1.82) is 0 Å². The summed E-state index contributed by atoms with van der Waals surface area (Å²) in [6.07, 6.45) is 5.61. The Kier molecular flexibility index (Phi) is 5.37. The molecule has 1 N–H and O–H groups in total. The van der Waals surface area contributed by atoms with Gasteiger partial charge in [0, 0.05) is 32.4 Å². The van der Waals surface area contributed by atoms with Gasteiger partial charge in [-0.15, -0.1) is 0 Å². The van der Waals surface area contributed by atoms with Crippen molar-refractivity contribution in [2.75, 3.05) is 13.6 Å². The van der Waals surface area contributed by atoms with Crippen molar-refractivity contribution < 1.29 is 4.79 Å². The molecule has 0 aliphatic heterocycles. The minimum absolute atomic E-state index is 0.0492. The highest BCUT2D eigenvalue weighted by Crippen LogP contribution is 2.03. The molecule has 0 aliphatic carbocycles. The number of hydrogen-bond donors (Lipinski definition) is 1. The molecule has 0 spiro atoms. The number of amides is 2. The highest BCUT2D eigenvalue weighted by atomic mass is 16.2. The lowest BCUT2D eigenvalue weighted by atomic mass is 10.1. The molecule has 2 amide bonds. The highest BCUT2D eigenvalue weighted by Gasteiger charge is 2.09. The fraction of sp³-hybridized carbons (Fsp3) is 0.375. The molecule has 112 valence electrons. The van der Waals surface area contributed by atoms with Crippen molar-refractivity contribution in [2.45, 2.75) is 19.4 Å². The van der Waals surface area contributed by atoms with Crippen LogP contribution in [0.25, 0.3) is 0 Å². The third kappa shape index (κ3) is 4.95. The molecule has 0 saturated carbocycles. The number of nitrogens with one attached hydrogen (secondary N) is 1. The van der Waals surface area contributed by atoms with Crippen LogP contribution in [0.5, 0.6) is 0 Å². The van der Waals surface area contributed by atoms with Gasteiger partial charge < -0.3 is 10.2 Å². The molecule has 0 aliphatic rings. The second kappa shape index (κ2) is 7.47. The average molecular weight is 286 g/mol. The Labute approximate surface area is 125 Å². The highest BCUT2D eigenvalue weighted by molar-refractivity contribution is 5.73. The van der Waals surface area contributed by atoms with E-state index < -0.39 is 0 Å². The molecule has 0 bridgehead atoms. The maximum atomic E-state index is 12.0. The first-order chi connectivity index (χ1) is 10.1. The van der Waals surface area contributed by atoms with Crippen LogP contribution >= 0.6 is 0 Å². The van der Waals surface area contributed by atoms with Crippen molar-refractivity contribution >= 4 is 6.03 Å². The number of carbonyl (C=O) groups excluding carboxylic acids is 1. The molecular weight excluding hydrogens is 264 g/mol. The van der Waals surface area contributed by atoms with Crippen molar-refractivity contribution in [2.24, 2.45) is 7.05 Å². The summed E-state index contributed by atoms with van der Waals surface area (Å²) in [6, 6.07) is 10.3. The molecule has 0 fully saturated rings. The molecule has 21 heavy (non-hydrogen) atoms. The van der Waals surface area contributed by atoms with E-state index in [1.165, 1.54) is 5.56 Å². The third-order valence-corrected chi connectivity index (χ3v) is 3.29. The minimum atomic E-state index is -0.0492. The number of aryl methyl sites for hydroxylation is 2. The second-order valence-electron chi connectivity index (χ2n) is 5.20. The topological polar surface area (TPSA) is 50.2 Å². The van der Waals surface area contributed by atoms with Crippen LogP contribution in [0.2, 0.25) is 0 Å². The van der Waals surface area contributed by atoms with E-state index in [0.29, 0.717) is 13.1 Å². The standard InChI is InChI=1S/C16H22N4O/c1-19(12-15-11-18-20(2)13-15)16(21)17-10-6-9-14-7-4-3-5-8-14/h3-5,7-8,11,13H,6,9-10,12H2,1-2H3,(H,17,21). The molecule has 1 aromatic heterocycles. The van der Waals surface area contributed by atoms with E-state index in [9.17, 15) is 4.79 Å². The molecule has 5 heteroatoms. The molecule has 2 aromatic rings. The third-order valence-electron chi connectivity index (χ3n) is 3.29. The molecular formula is C16H22N4O. The number of rotatable bonds is 6. The molecule has 0 saturated heterocycles. The fourth-order valence-electron chi connectivity index (χ4n) is 2.17. The summed E-state index contributed by atoms with van der Waals surface area (Å²) in [6.45, 7) is 1.25. The van der Waals surface area contributed by atoms with Crippen LogP contribution in [0.3, 0.4) is 0 Å². The maximum Gasteiger partial charge on any atom is 0.317 e. The smallest absolute Gasteiger partial charge is 0.317 e. The van der Waals surface area contributed by atoms with E-state index in [0.717, 1.165) is 18.4 Å². The van der Waals surface area contributed by atoms with Crippen LogP contribution in [0.1, 0.15) is 17.5 Å². The van der Waals surface area contributed by atoms with Gasteiger partial charge >= 0.3 is 6.03 Å². The predicted molar refractivity (Wildman–Crippen MR) is 82.8 cm³/mol. The van der Waals surface area contributed by atoms with Gasteiger partial charge in [-0.2, -0.15) is 5.10 Å². The van der Waals surface area contributed by atoms with E-state index in [4.69, 9.17) is 0 Å². The van der Waals surface area contributed by atoms with E-state index in [-0.39, 0.29) is 6.03 Å². The summed E-state index contributed by atoms with van der Waals surface area (Å²) in [5.74, 6) is 0. The molecule has 5 nitrogen and oxygen atoms in total. The zero-order valence-electron chi connectivity index (χ0n) is 12.6. The Morgan fingerprint density at radius 2 is 2.05 bits per heavy atom. The summed E-state index contributed by atoms with van der Waals surface area (Å²) in [5.41, 5.74) is 2.33. The first-order valence-electron chi connectivity index (χ1n) is 7.15. The SMILES string of the molecule is CN(Cc1cnn(C)c1)C(=O)NCCCc1ccccc1. The van der Waals surface area contributed by atoms with Gasteiger partial charge in [0.05, 0.1) is 12.7 Å². The number of aromatic nitrogens is 2. The van der Waals surface area contributed by atoms with E-state index in [1.54, 1.807) is 22.8 Å². The van der Waals surface area contributed by atoms with Gasteiger partial charge in [0.25, 0.3) is 0 Å². The quantitative estimate of drug-likeness (QED) is 0.828. The average Bonchev–Trinajstić information content (AvgIpc) is 2.89. The van der Waals surface area contributed by atoms with Crippen molar-refractivity contribution in [3.8, 4) is 0 Å². The second-order valence-corrected chi connectivity index (χ2v) is 5.20. The number of carbonyl (C=O) groups is 1. The summed E-state index contributed by atoms with van der Waals surface area (Å²) >= 11 is 0. The molecule has 2 rings (SSSR count). The molecule has 1 heterocycles. The van der Waals surface area contributed by atoms with Crippen LogP contribution in [0, 0.1) is 0 Å². The van der Waals surface area contributed by atoms with Crippen molar-refractivity contribution in [1.82, 2.24) is 20.0 Å². The minimum Gasteiger partial charge on any atom is -0.338 e. The van der Waals surface area contributed by atoms with E-state index in [1.807, 2.05) is 31.4 Å². The monoisotopic (exact) mass is 286 g/mol. The van der Waals surface area contributed by atoms with Gasteiger partial charge in [-0.3, -0.25) is 4.68 Å². The first-order valence-corrected chi connectivity index (χ1v) is 7.15. The first kappa shape index (κ1) is 15.1. The van der Waals surface area contributed by atoms with Crippen molar-refractivity contribution in [3.05, 3.63) is 53.9 Å². The Hall–Kier alpha value is -2.30. The lowest BCUT2D eigenvalue weighted by Crippen LogP contribution is -2.37. The van der Waals surface area contributed by atoms with E-state index in [2.05, 4.69) is 22.5 Å². The summed E-state index contributed by atoms with van der Waals surface area (Å²) in [5, 5.41) is 7.04. The lowest BCUT2D eigenvalue weighted by Gasteiger charge is -2.17. The van der Waals surface area contributed by atoms with E-state index >= 15 is 0 Å². The van der Waals surface area contributed by atoms with Crippen LogP contribution in [-0.4, -0.2) is 34.3 Å². The number of hydrogen-bond acceptors (Lipinski definition) is 2. The van der Waals surface area contributed by atoms with Gasteiger partial charge in [0.2, 0.25) is 0 Å². The number of benzene rings is 1. The zero-order chi connectivity index (χ0) is 15.1. The summed E-state index contributed by atoms with van der Waals surface area (Å²) in [7, 11) is 3.66. The van der Waals surface area contributed by atoms with Gasteiger partial charge in [0.15, 0.2) is 0 Å². The number of urea groups is 1. The normalized spacial score (nSPS) is 10.4. The largest absolute Gasteiger partial charge is 0.338 e. The molecule has 0 radical (unpaired) electrons. The Morgan fingerprint density at radius 1 is 1.29 bits per heavy atom. The Morgan fingerprint density at radius 3 is 2.71 bits per heavy atom. The van der Waals surface area contributed by atoms with Crippen LogP contribution < -0.4 is 5.32 Å². The maximum absolute atomic E-state index is 12.0. The Balaban J connectivity index is 1.67. The van der Waals surface area contributed by atoms with Gasteiger partial charge in [-0.05, 0) is 18.4 Å². The Bertz CT molecular complexity index is 565. The van der Waals surface area contributed by atoms with Crippen molar-refractivity contribution in [3.63, 3.8) is 0 Å². The van der Waals surface area contributed by atoms with Crippen LogP contribution in [-0.2, 0) is 20.0 Å². The van der Waals surface area contributed by atoms with Crippen LogP contribution in [0.4, 0.5) is 4.79 Å². The van der Waals surface area contributed by atoms with Gasteiger partial charge in [-0.25, -0.2) is 4.79 Å². The molecule has 0 unspecified atom stereocenters. The zero-order valence-corrected chi connectivity index (χ0v) is 12.6. The summed E-state index contributed by atoms with van der Waals surface area (Å²) in [4.78, 5) is 13.6. The summed E-state index contributed by atoms with van der Waals surface area (Å²) < 4.78 is 1.74. The van der Waals surface area contributed by atoms with Gasteiger partial charge in [-0.1, -0.05) is 30.3 Å². The number of nitrogens with zero attached hydrogens (tertiary/aromatic N) is 3. The fourth-order valence-corrected chi connectivity index (χ4v) is 2.17. The molecule has 0 atom stereocenters. The predicted octanol–water partition coefficient (Wildman–Crippen LogP) is 2.19. The van der Waals surface area contributed by atoms with Gasteiger partial charge in [0.1, 0.15) is 0 Å². The van der Waals surface area contributed by atoms with Crippen LogP contribution in [0.15, 0.2) is 42.7 Å². The lowest BCUT2D eigenvalue weighted by molar-refractivity contribution is 0.207.